The Morgan fingerprint density at radius 1 is 1.06 bits per heavy atom. The Kier molecular flexibility index (Phi) is 6.66. The van der Waals surface area contributed by atoms with Gasteiger partial charge in [0, 0.05) is 10.2 Å². The molecule has 0 unspecified atom stereocenters. The number of carbonyl (C=O) groups excluding carboxylic acids is 1. The molecule has 1 aromatic heterocycles. The predicted octanol–water partition coefficient (Wildman–Crippen LogP) is 4.29. The fourth-order valence-corrected chi connectivity index (χ4v) is 5.45. The summed E-state index contributed by atoms with van der Waals surface area (Å²) in [5, 5.41) is 2.82. The summed E-state index contributed by atoms with van der Waals surface area (Å²) in [5.74, 6) is -0.456. The molecule has 0 saturated carbocycles. The number of rotatable bonds is 7. The van der Waals surface area contributed by atoms with Crippen molar-refractivity contribution in [3.05, 3.63) is 82.3 Å². The van der Waals surface area contributed by atoms with Crippen molar-refractivity contribution in [1.82, 2.24) is 13.5 Å². The van der Waals surface area contributed by atoms with Crippen LogP contribution in [-0.2, 0) is 21.2 Å². The second-order valence-corrected chi connectivity index (χ2v) is 10.3. The van der Waals surface area contributed by atoms with Crippen molar-refractivity contribution >= 4 is 60.3 Å². The normalized spacial score (nSPS) is 12.6. The number of nitrogens with one attached hydrogen (secondary N) is 2. The van der Waals surface area contributed by atoms with Gasteiger partial charge < -0.3 is 5.32 Å². The molecule has 0 fully saturated rings. The van der Waals surface area contributed by atoms with Gasteiger partial charge in [0.2, 0.25) is 15.9 Å². The highest BCUT2D eigenvalue weighted by Gasteiger charge is 2.28. The van der Waals surface area contributed by atoms with Crippen LogP contribution in [0, 0.1) is 6.92 Å². The highest BCUT2D eigenvalue weighted by atomic mass is 79.9. The predicted molar refractivity (Wildman–Crippen MR) is 129 cm³/mol. The third-order valence-electron chi connectivity index (χ3n) is 4.86. The van der Waals surface area contributed by atoms with Crippen molar-refractivity contribution in [2.75, 3.05) is 5.32 Å². The van der Waals surface area contributed by atoms with Gasteiger partial charge in [-0.15, -0.1) is 0 Å². The Bertz CT molecular complexity index is 1370. The average Bonchev–Trinajstić information content (AvgIpc) is 3.25. The summed E-state index contributed by atoms with van der Waals surface area (Å²) >= 11 is 4.38. The zero-order chi connectivity index (χ0) is 22.7. The summed E-state index contributed by atoms with van der Waals surface area (Å²) in [5.41, 5.74) is 3.14. The van der Waals surface area contributed by atoms with E-state index in [4.69, 9.17) is 0 Å². The molecule has 0 bridgehead atoms. The monoisotopic (exact) mass is 530 g/mol. The van der Waals surface area contributed by atoms with Crippen molar-refractivity contribution in [1.29, 1.82) is 0 Å². The van der Waals surface area contributed by atoms with Crippen molar-refractivity contribution in [2.24, 2.45) is 0 Å². The average molecular weight is 531 g/mol. The summed E-state index contributed by atoms with van der Waals surface area (Å²) < 4.78 is 38.2. The molecule has 4 aromatic rings. The molecule has 32 heavy (non-hydrogen) atoms. The standard InChI is InChI=1S/C22H19BrN4O3S2/c1-14-12-16(10-11-17(14)23)24-22(28)19(13-15-6-3-2-4-7-15)27-32(29,30)20-9-5-8-18-21(20)26-31-25-18/h2-12,19,27H,13H2,1H3,(H,24,28)/t19-/m0/s1. The van der Waals surface area contributed by atoms with E-state index in [0.29, 0.717) is 11.2 Å². The van der Waals surface area contributed by atoms with E-state index in [9.17, 15) is 13.2 Å². The van der Waals surface area contributed by atoms with Crippen LogP contribution in [0.5, 0.6) is 0 Å². The lowest BCUT2D eigenvalue weighted by Crippen LogP contribution is -2.45. The summed E-state index contributed by atoms with van der Waals surface area (Å²) in [6.07, 6.45) is 0.187. The summed E-state index contributed by atoms with van der Waals surface area (Å²) in [6, 6.07) is 18.4. The number of hydrogen-bond donors (Lipinski definition) is 2. The van der Waals surface area contributed by atoms with Gasteiger partial charge in [0.25, 0.3) is 0 Å². The Labute approximate surface area is 198 Å². The first kappa shape index (κ1) is 22.5. The van der Waals surface area contributed by atoms with Gasteiger partial charge in [0.05, 0.1) is 11.7 Å². The minimum absolute atomic E-state index is 0.00546. The Balaban J connectivity index is 1.65. The lowest BCUT2D eigenvalue weighted by atomic mass is 10.1. The molecule has 1 atom stereocenters. The molecule has 3 aromatic carbocycles. The van der Waals surface area contributed by atoms with Crippen LogP contribution >= 0.6 is 27.7 Å². The molecule has 0 aliphatic rings. The molecule has 1 heterocycles. The number of benzene rings is 3. The molecule has 0 saturated heterocycles. The van der Waals surface area contributed by atoms with Crippen molar-refractivity contribution in [3.63, 3.8) is 0 Å². The number of halogens is 1. The number of amides is 1. The Hall–Kier alpha value is -2.66. The molecule has 2 N–H and O–H groups in total. The first-order chi connectivity index (χ1) is 15.3. The van der Waals surface area contributed by atoms with Gasteiger partial charge in [-0.05, 0) is 54.8 Å². The number of fused-ring (bicyclic) bond motifs is 1. The Morgan fingerprint density at radius 2 is 1.84 bits per heavy atom. The second kappa shape index (κ2) is 9.45. The van der Waals surface area contributed by atoms with Crippen LogP contribution in [0.2, 0.25) is 0 Å². The first-order valence-corrected chi connectivity index (χ1v) is 12.7. The van der Waals surface area contributed by atoms with Crippen molar-refractivity contribution < 1.29 is 13.2 Å². The molecular weight excluding hydrogens is 512 g/mol. The highest BCUT2D eigenvalue weighted by Crippen LogP contribution is 2.23. The first-order valence-electron chi connectivity index (χ1n) is 9.68. The van der Waals surface area contributed by atoms with Crippen LogP contribution in [0.1, 0.15) is 11.1 Å². The van der Waals surface area contributed by atoms with E-state index >= 15 is 0 Å². The third kappa shape index (κ3) is 5.04. The van der Waals surface area contributed by atoms with Gasteiger partial charge in [0.1, 0.15) is 22.0 Å². The lowest BCUT2D eigenvalue weighted by molar-refractivity contribution is -0.117. The quantitative estimate of drug-likeness (QED) is 0.371. The summed E-state index contributed by atoms with van der Waals surface area (Å²) in [6.45, 7) is 1.91. The number of anilines is 1. The molecule has 7 nitrogen and oxygen atoms in total. The molecular formula is C22H19BrN4O3S2. The van der Waals surface area contributed by atoms with Crippen LogP contribution < -0.4 is 10.0 Å². The van der Waals surface area contributed by atoms with Gasteiger partial charge in [-0.25, -0.2) is 8.42 Å². The van der Waals surface area contributed by atoms with E-state index in [2.05, 4.69) is 34.7 Å². The summed E-state index contributed by atoms with van der Waals surface area (Å²) in [4.78, 5) is 13.2. The fraction of sp³-hybridized carbons (Fsp3) is 0.136. The van der Waals surface area contributed by atoms with Crippen molar-refractivity contribution in [3.8, 4) is 0 Å². The second-order valence-electron chi connectivity index (χ2n) is 7.20. The minimum atomic E-state index is -4.04. The zero-order valence-electron chi connectivity index (χ0n) is 16.9. The van der Waals surface area contributed by atoms with E-state index < -0.39 is 22.0 Å². The molecule has 0 radical (unpaired) electrons. The highest BCUT2D eigenvalue weighted by molar-refractivity contribution is 9.10. The number of sulfonamides is 1. The van der Waals surface area contributed by atoms with E-state index in [1.54, 1.807) is 18.2 Å². The maximum Gasteiger partial charge on any atom is 0.243 e. The maximum absolute atomic E-state index is 13.2. The number of nitrogens with zero attached hydrogens (tertiary/aromatic N) is 2. The smallest absolute Gasteiger partial charge is 0.243 e. The van der Waals surface area contributed by atoms with Crippen LogP contribution in [0.25, 0.3) is 11.0 Å². The summed E-state index contributed by atoms with van der Waals surface area (Å²) in [7, 11) is -4.04. The van der Waals surface area contributed by atoms with Gasteiger partial charge in [-0.2, -0.15) is 13.5 Å². The van der Waals surface area contributed by atoms with Crippen LogP contribution in [0.15, 0.2) is 76.1 Å². The third-order valence-corrected chi connectivity index (χ3v) is 7.80. The van der Waals surface area contributed by atoms with Crippen molar-refractivity contribution in [2.45, 2.75) is 24.3 Å². The lowest BCUT2D eigenvalue weighted by Gasteiger charge is -2.19. The van der Waals surface area contributed by atoms with Crippen LogP contribution in [0.4, 0.5) is 5.69 Å². The number of aryl methyl sites for hydroxylation is 1. The molecule has 0 aliphatic heterocycles. The van der Waals surface area contributed by atoms with E-state index in [1.165, 1.54) is 6.07 Å². The molecule has 10 heteroatoms. The van der Waals surface area contributed by atoms with E-state index in [-0.39, 0.29) is 16.8 Å². The van der Waals surface area contributed by atoms with Gasteiger partial charge >= 0.3 is 0 Å². The zero-order valence-corrected chi connectivity index (χ0v) is 20.2. The molecule has 1 amide bonds. The fourth-order valence-electron chi connectivity index (χ4n) is 3.24. The van der Waals surface area contributed by atoms with Gasteiger partial charge in [0.15, 0.2) is 0 Å². The van der Waals surface area contributed by atoms with Gasteiger partial charge in [-0.1, -0.05) is 52.3 Å². The molecule has 0 aliphatic carbocycles. The van der Waals surface area contributed by atoms with Crippen LogP contribution in [-0.4, -0.2) is 29.1 Å². The minimum Gasteiger partial charge on any atom is -0.325 e. The van der Waals surface area contributed by atoms with E-state index in [1.807, 2.05) is 49.4 Å². The van der Waals surface area contributed by atoms with Gasteiger partial charge in [-0.3, -0.25) is 4.79 Å². The Morgan fingerprint density at radius 3 is 2.59 bits per heavy atom. The van der Waals surface area contributed by atoms with Crippen LogP contribution in [0.3, 0.4) is 0 Å². The topological polar surface area (TPSA) is 101 Å². The number of hydrogen-bond acceptors (Lipinski definition) is 6. The largest absolute Gasteiger partial charge is 0.325 e. The molecule has 4 rings (SSSR count). The molecule has 0 spiro atoms. The van der Waals surface area contributed by atoms with E-state index in [0.717, 1.165) is 27.3 Å². The maximum atomic E-state index is 13.2. The SMILES string of the molecule is Cc1cc(NC(=O)[C@H](Cc2ccccc2)NS(=O)(=O)c2cccc3nsnc23)ccc1Br. The number of aromatic nitrogens is 2. The number of carbonyl (C=O) groups is 1. The molecule has 164 valence electrons.